The zero-order chi connectivity index (χ0) is 21.6. The van der Waals surface area contributed by atoms with Gasteiger partial charge >= 0.3 is 5.56 Å². The van der Waals surface area contributed by atoms with Gasteiger partial charge in [0.1, 0.15) is 5.69 Å². The minimum Gasteiger partial charge on any atom is -0.252 e. The maximum atomic E-state index is 13.7. The van der Waals surface area contributed by atoms with Crippen molar-refractivity contribution in [2.75, 3.05) is 0 Å². The van der Waals surface area contributed by atoms with Gasteiger partial charge in [-0.05, 0) is 42.2 Å². The summed E-state index contributed by atoms with van der Waals surface area (Å²) in [6.07, 6.45) is 4.49. The summed E-state index contributed by atoms with van der Waals surface area (Å²) < 4.78 is 4.23. The third kappa shape index (κ3) is 1.65. The number of pyridine rings is 2. The summed E-state index contributed by atoms with van der Waals surface area (Å²) in [6, 6.07) is 4.35. The molecule has 3 aliphatic rings. The van der Waals surface area contributed by atoms with Crippen LogP contribution in [-0.2, 0) is 17.9 Å². The van der Waals surface area contributed by atoms with Gasteiger partial charge in [0.15, 0.2) is 0 Å². The van der Waals surface area contributed by atoms with Crippen LogP contribution in [0, 0.1) is 17.8 Å². The van der Waals surface area contributed by atoms with E-state index in [1.165, 1.54) is 17.7 Å². The van der Waals surface area contributed by atoms with Crippen LogP contribution in [0.5, 0.6) is 0 Å². The first-order valence-electron chi connectivity index (χ1n) is 11.2. The molecule has 4 atom stereocenters. The van der Waals surface area contributed by atoms with Crippen molar-refractivity contribution >= 4 is 16.6 Å². The summed E-state index contributed by atoms with van der Waals surface area (Å²) in [5.41, 5.74) is 7.42. The van der Waals surface area contributed by atoms with Crippen LogP contribution in [0.1, 0.15) is 82.8 Å². The summed E-state index contributed by atoms with van der Waals surface area (Å²) in [4.78, 5) is 18.7. The van der Waals surface area contributed by atoms with Gasteiger partial charge in [-0.25, -0.2) is 9.20 Å². The van der Waals surface area contributed by atoms with Crippen LogP contribution >= 0.6 is 0 Å². The van der Waals surface area contributed by atoms with Crippen LogP contribution < -0.4 is 9.96 Å². The molecule has 0 radical (unpaired) electrons. The highest BCUT2D eigenvalue weighted by molar-refractivity contribution is 5.92. The zero-order valence-corrected chi connectivity index (χ0v) is 19.5. The molecule has 3 aliphatic carbocycles. The molecular weight excluding hydrogens is 370 g/mol. The molecule has 2 fully saturated rings. The van der Waals surface area contributed by atoms with Crippen LogP contribution in [-0.4, -0.2) is 9.55 Å². The molecule has 0 saturated heterocycles. The minimum atomic E-state index is -0.0114. The zero-order valence-electron chi connectivity index (χ0n) is 19.5. The number of hydrogen-bond acceptors (Lipinski definition) is 2. The molecule has 0 bridgehead atoms. The molecular formula is C26H32N3O+. The number of fused-ring (bicyclic) bond motifs is 7. The quantitative estimate of drug-likeness (QED) is 0.412. The monoisotopic (exact) mass is 402 g/mol. The second-order valence-electron chi connectivity index (χ2n) is 12.0. The van der Waals surface area contributed by atoms with Crippen molar-refractivity contribution < 1.29 is 4.40 Å². The first kappa shape index (κ1) is 18.5. The van der Waals surface area contributed by atoms with Crippen LogP contribution in [0.3, 0.4) is 0 Å². The number of aromatic nitrogens is 3. The van der Waals surface area contributed by atoms with Crippen molar-refractivity contribution in [2.24, 2.45) is 17.9 Å². The minimum absolute atomic E-state index is 0.0114. The highest BCUT2D eigenvalue weighted by Crippen LogP contribution is 2.86. The van der Waals surface area contributed by atoms with Crippen molar-refractivity contribution in [3.8, 4) is 0 Å². The van der Waals surface area contributed by atoms with Crippen LogP contribution in [0.2, 0.25) is 0 Å². The Kier molecular flexibility index (Phi) is 2.97. The van der Waals surface area contributed by atoms with E-state index in [0.717, 1.165) is 34.2 Å². The van der Waals surface area contributed by atoms with Gasteiger partial charge in [0.25, 0.3) is 5.65 Å². The van der Waals surface area contributed by atoms with Gasteiger partial charge in [-0.3, -0.25) is 4.98 Å². The Labute approximate surface area is 178 Å². The molecule has 0 N–H and O–H groups in total. The molecule has 3 aromatic heterocycles. The molecule has 156 valence electrons. The number of rotatable bonds is 0. The standard InChI is InChI=1S/C26H32N3O/c1-14-11-17(23(2,3)4)27-16-9-10-29-20-19(22(30)28(8)21(29)18(14)16)15-12-24(5)13-25(20,6)26(15,24)7/h9-11,15H,12-13H2,1-8H3/q+1. The molecule has 2 saturated carbocycles. The molecule has 0 spiro atoms. The average molecular weight is 403 g/mol. The maximum absolute atomic E-state index is 13.7. The number of hydrogen-bond donors (Lipinski definition) is 0. The van der Waals surface area contributed by atoms with Crippen molar-refractivity contribution in [2.45, 2.75) is 78.1 Å². The third-order valence-corrected chi connectivity index (χ3v) is 9.56. The van der Waals surface area contributed by atoms with E-state index in [2.05, 4.69) is 71.2 Å². The summed E-state index contributed by atoms with van der Waals surface area (Å²) in [7, 11) is 1.94. The highest BCUT2D eigenvalue weighted by atomic mass is 16.1. The van der Waals surface area contributed by atoms with Crippen molar-refractivity contribution in [1.82, 2.24) is 9.55 Å². The summed E-state index contributed by atoms with van der Waals surface area (Å²) >= 11 is 0. The first-order valence-corrected chi connectivity index (χ1v) is 11.2. The Morgan fingerprint density at radius 2 is 1.93 bits per heavy atom. The van der Waals surface area contributed by atoms with E-state index in [1.54, 1.807) is 0 Å². The van der Waals surface area contributed by atoms with Crippen molar-refractivity contribution in [3.05, 3.63) is 51.2 Å². The molecule has 0 amide bonds. The lowest BCUT2D eigenvalue weighted by Gasteiger charge is -2.74. The third-order valence-electron chi connectivity index (χ3n) is 9.56. The van der Waals surface area contributed by atoms with Gasteiger partial charge in [-0.15, -0.1) is 0 Å². The van der Waals surface area contributed by atoms with E-state index in [9.17, 15) is 4.79 Å². The predicted octanol–water partition coefficient (Wildman–Crippen LogP) is 4.45. The van der Waals surface area contributed by atoms with E-state index in [-0.39, 0.29) is 21.8 Å². The van der Waals surface area contributed by atoms with Gasteiger partial charge in [-0.1, -0.05) is 41.5 Å². The normalized spacial score (nSPS) is 33.9. The van der Waals surface area contributed by atoms with E-state index in [1.807, 2.05) is 11.6 Å². The average Bonchev–Trinajstić information content (AvgIpc) is 2.74. The SMILES string of the molecule is Cc1cc(C(C)(C)C)nc2cc[n+]3c4c(c(=O)n(C)c3c12)C1CC2(C)CC4(C)C12C. The fourth-order valence-corrected chi connectivity index (χ4v) is 7.76. The van der Waals surface area contributed by atoms with Crippen molar-refractivity contribution in [3.63, 3.8) is 0 Å². The Morgan fingerprint density at radius 3 is 2.57 bits per heavy atom. The summed E-state index contributed by atoms with van der Waals surface area (Å²) in [6.45, 7) is 16.0. The van der Waals surface area contributed by atoms with Gasteiger partial charge in [0.05, 0.1) is 29.7 Å². The molecule has 4 heteroatoms. The van der Waals surface area contributed by atoms with Gasteiger partial charge in [-0.2, -0.15) is 4.57 Å². The van der Waals surface area contributed by atoms with Crippen LogP contribution in [0.15, 0.2) is 23.1 Å². The Hall–Kier alpha value is -2.23. The van der Waals surface area contributed by atoms with Gasteiger partial charge in [0.2, 0.25) is 0 Å². The Bertz CT molecular complexity index is 1380. The molecule has 3 heterocycles. The van der Waals surface area contributed by atoms with Gasteiger partial charge < -0.3 is 0 Å². The Morgan fingerprint density at radius 1 is 1.23 bits per heavy atom. The molecule has 0 aliphatic heterocycles. The second kappa shape index (κ2) is 4.81. The van der Waals surface area contributed by atoms with Crippen LogP contribution in [0.25, 0.3) is 16.6 Å². The first-order chi connectivity index (χ1) is 13.8. The summed E-state index contributed by atoms with van der Waals surface area (Å²) in [5, 5.41) is 1.10. The van der Waals surface area contributed by atoms with Crippen molar-refractivity contribution in [1.29, 1.82) is 0 Å². The molecule has 4 unspecified atom stereocenters. The fourth-order valence-electron chi connectivity index (χ4n) is 7.76. The smallest absolute Gasteiger partial charge is 0.252 e. The predicted molar refractivity (Wildman–Crippen MR) is 119 cm³/mol. The lowest BCUT2D eigenvalue weighted by atomic mass is 9.28. The van der Waals surface area contributed by atoms with Crippen LogP contribution in [0.4, 0.5) is 0 Å². The fraction of sp³-hybridized carbons (Fsp3) is 0.577. The molecule has 4 nitrogen and oxygen atoms in total. The lowest BCUT2D eigenvalue weighted by Crippen LogP contribution is -2.71. The summed E-state index contributed by atoms with van der Waals surface area (Å²) in [5.74, 6) is 0.394. The molecule has 0 aromatic carbocycles. The molecule has 6 rings (SSSR count). The lowest BCUT2D eigenvalue weighted by molar-refractivity contribution is -0.535. The molecule has 30 heavy (non-hydrogen) atoms. The maximum Gasteiger partial charge on any atom is 0.341 e. The topological polar surface area (TPSA) is 39.0 Å². The van der Waals surface area contributed by atoms with Gasteiger partial charge in [0, 0.05) is 28.5 Å². The number of nitrogens with zero attached hydrogens (tertiary/aromatic N) is 3. The Balaban J connectivity index is 1.77. The van der Waals surface area contributed by atoms with E-state index in [4.69, 9.17) is 4.98 Å². The van der Waals surface area contributed by atoms with E-state index in [0.29, 0.717) is 11.3 Å². The molecule has 3 aromatic rings. The number of aryl methyl sites for hydroxylation is 2. The van der Waals surface area contributed by atoms with E-state index >= 15 is 0 Å². The largest absolute Gasteiger partial charge is 0.341 e. The van der Waals surface area contributed by atoms with E-state index < -0.39 is 0 Å². The second-order valence-corrected chi connectivity index (χ2v) is 12.0. The highest BCUT2D eigenvalue weighted by Gasteiger charge is 2.83.